The maximum absolute atomic E-state index is 12.3. The summed E-state index contributed by atoms with van der Waals surface area (Å²) in [7, 11) is 0. The first kappa shape index (κ1) is 19.0. The van der Waals surface area contributed by atoms with Gasteiger partial charge in [-0.2, -0.15) is 0 Å². The zero-order chi connectivity index (χ0) is 16.1. The molecule has 0 bridgehead atoms. The number of nitrogens with zero attached hydrogens (tertiary/aromatic N) is 1. The van der Waals surface area contributed by atoms with Gasteiger partial charge in [0.05, 0.1) is 18.1 Å². The molecule has 0 aliphatic heterocycles. The van der Waals surface area contributed by atoms with Gasteiger partial charge in [-0.05, 0) is 23.6 Å². The van der Waals surface area contributed by atoms with Gasteiger partial charge in [-0.3, -0.25) is 9.78 Å². The molecule has 0 radical (unpaired) electrons. The second-order valence-corrected chi connectivity index (χ2v) is 4.98. The second kappa shape index (κ2) is 8.53. The Kier molecular flexibility index (Phi) is 7.03. The maximum atomic E-state index is 12.3. The normalized spacial score (nSPS) is 23.0. The molecular weight excluding hydrogens is 294 g/mol. The topological polar surface area (TPSA) is 102 Å². The van der Waals surface area contributed by atoms with Gasteiger partial charge in [0.2, 0.25) is 0 Å². The van der Waals surface area contributed by atoms with Crippen LogP contribution in [0, 0.1) is 5.92 Å². The lowest BCUT2D eigenvalue weighted by atomic mass is 9.90. The van der Waals surface area contributed by atoms with E-state index in [1.54, 1.807) is 18.2 Å². The molecule has 3 rings (SSSR count). The molecule has 1 heterocycles. The van der Waals surface area contributed by atoms with E-state index in [-0.39, 0.29) is 11.3 Å². The van der Waals surface area contributed by atoms with Gasteiger partial charge in [0.25, 0.3) is 0 Å². The fourth-order valence-corrected chi connectivity index (χ4v) is 2.70. The van der Waals surface area contributed by atoms with Crippen molar-refractivity contribution in [3.8, 4) is 0 Å². The molecule has 5 nitrogen and oxygen atoms in total. The molecule has 0 fully saturated rings. The van der Waals surface area contributed by atoms with Crippen LogP contribution >= 0.6 is 0 Å². The van der Waals surface area contributed by atoms with Crippen LogP contribution in [-0.2, 0) is 0 Å². The molecule has 124 valence electrons. The number of carbonyl (C=O) groups excluding carboxylic acids is 1. The lowest BCUT2D eigenvalue weighted by Gasteiger charge is -2.21. The van der Waals surface area contributed by atoms with Gasteiger partial charge in [0, 0.05) is 18.0 Å². The van der Waals surface area contributed by atoms with Crippen LogP contribution in [-0.4, -0.2) is 32.6 Å². The van der Waals surface area contributed by atoms with E-state index in [0.29, 0.717) is 16.7 Å². The summed E-state index contributed by atoms with van der Waals surface area (Å²) < 4.78 is 0. The van der Waals surface area contributed by atoms with Gasteiger partial charge in [-0.1, -0.05) is 44.2 Å². The Bertz CT molecular complexity index is 634. The third-order valence-electron chi connectivity index (χ3n) is 3.77. The lowest BCUT2D eigenvalue weighted by molar-refractivity contribution is 0.0374. The van der Waals surface area contributed by atoms with Crippen molar-refractivity contribution in [2.24, 2.45) is 5.92 Å². The van der Waals surface area contributed by atoms with Gasteiger partial charge in [-0.15, -0.1) is 0 Å². The molecule has 2 aliphatic carbocycles. The average Bonchev–Trinajstić information content (AvgIpc) is 2.76. The van der Waals surface area contributed by atoms with Crippen LogP contribution in [0.1, 0.15) is 42.3 Å². The van der Waals surface area contributed by atoms with E-state index in [4.69, 9.17) is 0 Å². The van der Waals surface area contributed by atoms with Crippen LogP contribution in [0.2, 0.25) is 0 Å². The van der Waals surface area contributed by atoms with Gasteiger partial charge < -0.3 is 15.7 Å². The van der Waals surface area contributed by atoms with Gasteiger partial charge in [0.15, 0.2) is 5.78 Å². The minimum absolute atomic E-state index is 0. The van der Waals surface area contributed by atoms with Crippen molar-refractivity contribution in [3.05, 3.63) is 65.5 Å². The Morgan fingerprint density at radius 1 is 1.30 bits per heavy atom. The van der Waals surface area contributed by atoms with Gasteiger partial charge >= 0.3 is 0 Å². The first-order chi connectivity index (χ1) is 10.7. The van der Waals surface area contributed by atoms with Crippen molar-refractivity contribution in [1.82, 2.24) is 4.98 Å². The highest BCUT2D eigenvalue weighted by Gasteiger charge is 2.43. The molecule has 3 atom stereocenters. The number of hydrogen-bond acceptors (Lipinski definition) is 4. The maximum Gasteiger partial charge on any atom is 0.173 e. The highest BCUT2D eigenvalue weighted by Crippen LogP contribution is 2.39. The Hall–Kier alpha value is -2.08. The molecule has 5 heteroatoms. The fourth-order valence-electron chi connectivity index (χ4n) is 2.70. The smallest absolute Gasteiger partial charge is 0.173 e. The monoisotopic (exact) mass is 317 g/mol. The average molecular weight is 317 g/mol. The third kappa shape index (κ3) is 3.64. The van der Waals surface area contributed by atoms with Crippen molar-refractivity contribution in [2.75, 3.05) is 0 Å². The van der Waals surface area contributed by atoms with Crippen LogP contribution < -0.4 is 0 Å². The Morgan fingerprint density at radius 3 is 2.74 bits per heavy atom. The first-order valence-corrected chi connectivity index (χ1v) is 7.57. The number of hydrogen-bond donors (Lipinski definition) is 2. The lowest BCUT2D eigenvalue weighted by Crippen LogP contribution is -2.29. The Labute approximate surface area is 136 Å². The van der Waals surface area contributed by atoms with Crippen molar-refractivity contribution in [2.45, 2.75) is 32.5 Å². The Balaban J connectivity index is 0.000000849. The zero-order valence-corrected chi connectivity index (χ0v) is 13.3. The van der Waals surface area contributed by atoms with E-state index in [1.165, 1.54) is 12.4 Å². The largest absolute Gasteiger partial charge is 0.412 e. The summed E-state index contributed by atoms with van der Waals surface area (Å²) in [5.41, 5.74) is 1.58. The van der Waals surface area contributed by atoms with E-state index < -0.39 is 18.1 Å². The van der Waals surface area contributed by atoms with Crippen molar-refractivity contribution in [1.29, 1.82) is 0 Å². The van der Waals surface area contributed by atoms with Crippen LogP contribution in [0.15, 0.2) is 54.4 Å². The quantitative estimate of drug-likeness (QED) is 0.870. The minimum atomic E-state index is -1.02. The molecule has 3 unspecified atom stereocenters. The summed E-state index contributed by atoms with van der Waals surface area (Å²) in [6.07, 6.45) is 11.1. The molecule has 0 saturated heterocycles. The molecule has 0 aromatic carbocycles. The molecule has 0 saturated carbocycles. The van der Waals surface area contributed by atoms with E-state index >= 15 is 0 Å². The SMILES string of the molecule is CC.O.O=C1c2cnccc2C(O)C1C(O)C1=CC=CCC=C1. The second-order valence-electron chi connectivity index (χ2n) is 4.98. The molecule has 1 aromatic heterocycles. The standard InChI is InChI=1S/C16H15NO3.C2H6.H2O/c18-14(10-5-3-1-2-4-6-10)13-15(19)11-7-8-17-9-12(11)16(13)20;1-2;/h1,3-9,13-15,18-19H,2H2;1-2H3;1H2. The summed E-state index contributed by atoms with van der Waals surface area (Å²) >= 11 is 0. The van der Waals surface area contributed by atoms with Gasteiger partial charge in [0.1, 0.15) is 0 Å². The molecule has 23 heavy (non-hydrogen) atoms. The number of fused-ring (bicyclic) bond motifs is 1. The number of rotatable bonds is 2. The number of allylic oxidation sites excluding steroid dienone is 4. The van der Waals surface area contributed by atoms with E-state index in [1.807, 2.05) is 32.1 Å². The molecule has 0 spiro atoms. The van der Waals surface area contributed by atoms with Crippen LogP contribution in [0.25, 0.3) is 0 Å². The predicted molar refractivity (Wildman–Crippen MR) is 89.0 cm³/mol. The summed E-state index contributed by atoms with van der Waals surface area (Å²) in [6.45, 7) is 4.00. The Morgan fingerprint density at radius 2 is 2.04 bits per heavy atom. The van der Waals surface area contributed by atoms with E-state index in [0.717, 1.165) is 6.42 Å². The number of carbonyl (C=O) groups is 1. The number of ketones is 1. The van der Waals surface area contributed by atoms with Crippen molar-refractivity contribution in [3.63, 3.8) is 0 Å². The highest BCUT2D eigenvalue weighted by molar-refractivity contribution is 6.03. The molecule has 4 N–H and O–H groups in total. The van der Waals surface area contributed by atoms with Crippen molar-refractivity contribution >= 4 is 5.78 Å². The summed E-state index contributed by atoms with van der Waals surface area (Å²) in [5, 5.41) is 20.8. The number of aliphatic hydroxyl groups is 2. The summed E-state index contributed by atoms with van der Waals surface area (Å²) in [5.74, 6) is -1.12. The fraction of sp³-hybridized carbons (Fsp3) is 0.333. The van der Waals surface area contributed by atoms with Crippen LogP contribution in [0.5, 0.6) is 0 Å². The number of aliphatic hydroxyl groups excluding tert-OH is 2. The highest BCUT2D eigenvalue weighted by atomic mass is 16.3. The molecule has 0 amide bonds. The zero-order valence-electron chi connectivity index (χ0n) is 13.3. The van der Waals surface area contributed by atoms with E-state index in [2.05, 4.69) is 4.98 Å². The molecule has 2 aliphatic rings. The van der Waals surface area contributed by atoms with E-state index in [9.17, 15) is 15.0 Å². The first-order valence-electron chi connectivity index (χ1n) is 7.57. The summed E-state index contributed by atoms with van der Waals surface area (Å²) in [6, 6.07) is 1.63. The number of Topliss-reactive ketones (excluding diaryl/α,β-unsaturated/α-hetero) is 1. The number of aromatic nitrogens is 1. The predicted octanol–water partition coefficient (Wildman–Crippen LogP) is 1.93. The van der Waals surface area contributed by atoms with Gasteiger partial charge in [-0.25, -0.2) is 0 Å². The van der Waals surface area contributed by atoms with Crippen LogP contribution in [0.3, 0.4) is 0 Å². The summed E-state index contributed by atoms with van der Waals surface area (Å²) in [4.78, 5) is 16.3. The molecular formula is C18H23NO4. The number of pyridine rings is 1. The minimum Gasteiger partial charge on any atom is -0.412 e. The molecule has 1 aromatic rings. The third-order valence-corrected chi connectivity index (χ3v) is 3.77. The van der Waals surface area contributed by atoms with Crippen molar-refractivity contribution < 1.29 is 20.5 Å². The van der Waals surface area contributed by atoms with Crippen LogP contribution in [0.4, 0.5) is 0 Å².